The second-order valence-electron chi connectivity index (χ2n) is 5.74. The molecule has 7 nitrogen and oxygen atoms in total. The third kappa shape index (κ3) is 3.41. The molecule has 0 amide bonds. The van der Waals surface area contributed by atoms with Crippen LogP contribution in [0.25, 0.3) is 11.1 Å². The van der Waals surface area contributed by atoms with Crippen molar-refractivity contribution in [1.29, 1.82) is 0 Å². The minimum absolute atomic E-state index is 0.0106. The summed E-state index contributed by atoms with van der Waals surface area (Å²) >= 11 is 0. The van der Waals surface area contributed by atoms with Gasteiger partial charge in [-0.15, -0.1) is 10.2 Å². The number of aromatic amines is 1. The molecule has 0 aliphatic rings. The number of nitrogens with zero attached hydrogens (tertiary/aromatic N) is 3. The van der Waals surface area contributed by atoms with Gasteiger partial charge in [-0.2, -0.15) is 0 Å². The molecule has 0 spiro atoms. The Morgan fingerprint density at radius 1 is 1.04 bits per heavy atom. The zero-order chi connectivity index (χ0) is 18.7. The normalized spacial score (nSPS) is 11.0. The van der Waals surface area contributed by atoms with Crippen molar-refractivity contribution < 1.29 is 9.72 Å². The summed E-state index contributed by atoms with van der Waals surface area (Å²) in [5.74, 6) is 0.409. The maximum atomic E-state index is 12.1. The number of H-pyrrole nitrogens is 1. The van der Waals surface area contributed by atoms with Crippen molar-refractivity contribution in [3.05, 3.63) is 76.0 Å². The summed E-state index contributed by atoms with van der Waals surface area (Å²) in [6.07, 6.45) is 0. The Morgan fingerprint density at radius 3 is 2.27 bits per heavy atom. The minimum atomic E-state index is -0.470. The molecule has 0 atom stereocenters. The summed E-state index contributed by atoms with van der Waals surface area (Å²) in [4.78, 5) is 25.4. The van der Waals surface area contributed by atoms with Gasteiger partial charge in [0.25, 0.3) is 5.69 Å². The third-order valence-electron chi connectivity index (χ3n) is 3.91. The van der Waals surface area contributed by atoms with Gasteiger partial charge in [-0.05, 0) is 31.5 Å². The van der Waals surface area contributed by atoms with Crippen LogP contribution >= 0.6 is 0 Å². The fourth-order valence-electron chi connectivity index (χ4n) is 2.76. The highest BCUT2D eigenvalue weighted by molar-refractivity contribution is 6.04. The molecular formula is C19H16N4O3. The average molecular weight is 348 g/mol. The van der Waals surface area contributed by atoms with E-state index in [9.17, 15) is 14.9 Å². The van der Waals surface area contributed by atoms with Gasteiger partial charge in [0.1, 0.15) is 0 Å². The van der Waals surface area contributed by atoms with Gasteiger partial charge in [0.2, 0.25) is 0 Å². The predicted molar refractivity (Wildman–Crippen MR) is 98.2 cm³/mol. The number of carbonyl (C=O) groups is 1. The molecule has 7 heteroatoms. The molecule has 0 radical (unpaired) electrons. The van der Waals surface area contributed by atoms with Gasteiger partial charge in [0, 0.05) is 29.0 Å². The van der Waals surface area contributed by atoms with E-state index in [-0.39, 0.29) is 11.5 Å². The highest BCUT2D eigenvalue weighted by atomic mass is 16.6. The zero-order valence-electron chi connectivity index (χ0n) is 14.3. The van der Waals surface area contributed by atoms with E-state index in [2.05, 4.69) is 15.2 Å². The molecule has 0 unspecified atom stereocenters. The van der Waals surface area contributed by atoms with Crippen LogP contribution < -0.4 is 0 Å². The first kappa shape index (κ1) is 17.2. The van der Waals surface area contributed by atoms with Crippen molar-refractivity contribution in [3.8, 4) is 11.1 Å². The van der Waals surface area contributed by atoms with Gasteiger partial charge in [-0.25, -0.2) is 0 Å². The smallest absolute Gasteiger partial charge is 0.269 e. The molecule has 2 aromatic carbocycles. The summed E-state index contributed by atoms with van der Waals surface area (Å²) in [6, 6.07) is 15.3. The Hall–Kier alpha value is -3.61. The van der Waals surface area contributed by atoms with Crippen LogP contribution in [0.15, 0.2) is 64.8 Å². The Morgan fingerprint density at radius 2 is 1.69 bits per heavy atom. The lowest BCUT2D eigenvalue weighted by Gasteiger charge is -2.03. The van der Waals surface area contributed by atoms with Crippen molar-refractivity contribution in [2.75, 3.05) is 0 Å². The quantitative estimate of drug-likeness (QED) is 0.284. The number of hydrogen-bond acceptors (Lipinski definition) is 5. The standard InChI is InChI=1S/C19H16N4O3/c1-12-17(13(2)24)18(14-6-4-3-5-7-14)19(20-12)22-21-15-8-10-16(11-9-15)23(25)26/h3-11,20H,1-2H3. The SMILES string of the molecule is CC(=O)c1c(C)[nH]c(N=Nc2ccc([N+](=O)[O-])cc2)c1-c1ccccc1. The first-order chi connectivity index (χ1) is 12.5. The second kappa shape index (κ2) is 7.10. The molecular weight excluding hydrogens is 332 g/mol. The highest BCUT2D eigenvalue weighted by Gasteiger charge is 2.19. The molecule has 1 aromatic heterocycles. The highest BCUT2D eigenvalue weighted by Crippen LogP contribution is 2.36. The van der Waals surface area contributed by atoms with Crippen LogP contribution in [0.1, 0.15) is 23.0 Å². The van der Waals surface area contributed by atoms with Crippen LogP contribution in [-0.4, -0.2) is 15.7 Å². The Labute approximate surface area is 149 Å². The van der Waals surface area contributed by atoms with Crippen molar-refractivity contribution >= 4 is 23.0 Å². The topological polar surface area (TPSA) is 101 Å². The number of benzene rings is 2. The molecule has 0 aliphatic heterocycles. The third-order valence-corrected chi connectivity index (χ3v) is 3.91. The number of Topliss-reactive ketones (excluding diaryl/α,β-unsaturated/α-hetero) is 1. The average Bonchev–Trinajstić information content (AvgIpc) is 2.97. The number of hydrogen-bond donors (Lipinski definition) is 1. The first-order valence-corrected chi connectivity index (χ1v) is 7.92. The van der Waals surface area contributed by atoms with E-state index < -0.39 is 4.92 Å². The van der Waals surface area contributed by atoms with Crippen molar-refractivity contribution in [2.45, 2.75) is 13.8 Å². The lowest BCUT2D eigenvalue weighted by Crippen LogP contribution is -1.95. The maximum Gasteiger partial charge on any atom is 0.269 e. The number of aryl methyl sites for hydroxylation is 1. The number of carbonyl (C=O) groups excluding carboxylic acids is 1. The van der Waals surface area contributed by atoms with Crippen LogP contribution in [0, 0.1) is 17.0 Å². The fourth-order valence-corrected chi connectivity index (χ4v) is 2.76. The summed E-state index contributed by atoms with van der Waals surface area (Å²) in [7, 11) is 0. The van der Waals surface area contributed by atoms with Crippen LogP contribution in [0.2, 0.25) is 0 Å². The van der Waals surface area contributed by atoms with E-state index in [1.54, 1.807) is 0 Å². The lowest BCUT2D eigenvalue weighted by atomic mass is 10.00. The van der Waals surface area contributed by atoms with Gasteiger partial charge >= 0.3 is 0 Å². The molecule has 0 bridgehead atoms. The van der Waals surface area contributed by atoms with E-state index in [1.807, 2.05) is 37.3 Å². The fraction of sp³-hybridized carbons (Fsp3) is 0.105. The molecule has 26 heavy (non-hydrogen) atoms. The number of non-ortho nitro benzene ring substituents is 1. The lowest BCUT2D eigenvalue weighted by molar-refractivity contribution is -0.384. The van der Waals surface area contributed by atoms with E-state index >= 15 is 0 Å². The summed E-state index contributed by atoms with van der Waals surface area (Å²) in [5.41, 5.74) is 3.32. The summed E-state index contributed by atoms with van der Waals surface area (Å²) < 4.78 is 0. The number of nitro groups is 1. The molecule has 3 rings (SSSR count). The van der Waals surface area contributed by atoms with Gasteiger partial charge in [-0.3, -0.25) is 14.9 Å². The number of ketones is 1. The molecule has 1 heterocycles. The minimum Gasteiger partial charge on any atom is -0.341 e. The molecule has 0 aliphatic carbocycles. The second-order valence-corrected chi connectivity index (χ2v) is 5.74. The maximum absolute atomic E-state index is 12.1. The molecule has 130 valence electrons. The first-order valence-electron chi connectivity index (χ1n) is 7.92. The van der Waals surface area contributed by atoms with Crippen molar-refractivity contribution in [2.24, 2.45) is 10.2 Å². The molecule has 0 saturated carbocycles. The Kier molecular flexibility index (Phi) is 4.70. The van der Waals surface area contributed by atoms with Gasteiger partial charge < -0.3 is 4.98 Å². The van der Waals surface area contributed by atoms with Crippen LogP contribution in [0.4, 0.5) is 17.2 Å². The van der Waals surface area contributed by atoms with Crippen LogP contribution in [0.5, 0.6) is 0 Å². The van der Waals surface area contributed by atoms with Crippen molar-refractivity contribution in [1.82, 2.24) is 4.98 Å². The van der Waals surface area contributed by atoms with E-state index in [0.29, 0.717) is 28.3 Å². The van der Waals surface area contributed by atoms with Gasteiger partial charge in [0.15, 0.2) is 11.6 Å². The van der Waals surface area contributed by atoms with E-state index in [4.69, 9.17) is 0 Å². The number of rotatable bonds is 5. The Bertz CT molecular complexity index is 990. The molecule has 3 aromatic rings. The van der Waals surface area contributed by atoms with Gasteiger partial charge in [0.05, 0.1) is 10.6 Å². The number of nitrogens with one attached hydrogen (secondary N) is 1. The largest absolute Gasteiger partial charge is 0.341 e. The summed E-state index contributed by atoms with van der Waals surface area (Å²) in [6.45, 7) is 3.33. The molecule has 0 saturated heterocycles. The van der Waals surface area contributed by atoms with E-state index in [0.717, 1.165) is 5.56 Å². The van der Waals surface area contributed by atoms with E-state index in [1.165, 1.54) is 31.2 Å². The zero-order valence-corrected chi connectivity index (χ0v) is 14.3. The number of azo groups is 1. The van der Waals surface area contributed by atoms with Crippen molar-refractivity contribution in [3.63, 3.8) is 0 Å². The van der Waals surface area contributed by atoms with Crippen LogP contribution in [-0.2, 0) is 0 Å². The van der Waals surface area contributed by atoms with Crippen LogP contribution in [0.3, 0.4) is 0 Å². The predicted octanol–water partition coefficient (Wildman–Crippen LogP) is 5.52. The number of aromatic nitrogens is 1. The molecule has 1 N–H and O–H groups in total. The Balaban J connectivity index is 2.03. The number of nitro benzene ring substituents is 1. The van der Waals surface area contributed by atoms with Gasteiger partial charge in [-0.1, -0.05) is 30.3 Å². The monoisotopic (exact) mass is 348 g/mol. The summed E-state index contributed by atoms with van der Waals surface area (Å²) in [5, 5.41) is 19.1. The molecule has 0 fully saturated rings.